The van der Waals surface area contributed by atoms with Crippen LogP contribution in [0.4, 0.5) is 4.39 Å². The molecule has 1 amide bonds. The molecule has 0 saturated heterocycles. The van der Waals surface area contributed by atoms with E-state index in [-0.39, 0.29) is 11.7 Å². The van der Waals surface area contributed by atoms with Gasteiger partial charge in [0.15, 0.2) is 0 Å². The van der Waals surface area contributed by atoms with Gasteiger partial charge in [-0.1, -0.05) is 6.07 Å². The minimum Gasteiger partial charge on any atom is -0.337 e. The van der Waals surface area contributed by atoms with Crippen LogP contribution >= 0.6 is 0 Å². The lowest BCUT2D eigenvalue weighted by molar-refractivity contribution is 0.0783. The molecule has 0 bridgehead atoms. The molecule has 0 unspecified atom stereocenters. The van der Waals surface area contributed by atoms with Crippen LogP contribution in [-0.4, -0.2) is 32.6 Å². The van der Waals surface area contributed by atoms with Crippen LogP contribution in [-0.2, 0) is 6.54 Å². The summed E-state index contributed by atoms with van der Waals surface area (Å²) >= 11 is 0. The third kappa shape index (κ3) is 3.42. The van der Waals surface area contributed by atoms with Crippen molar-refractivity contribution in [1.29, 1.82) is 0 Å². The lowest BCUT2D eigenvalue weighted by Gasteiger charge is -2.17. The summed E-state index contributed by atoms with van der Waals surface area (Å²) in [4.78, 5) is 18.6. The molecule has 0 radical (unpaired) electrons. The van der Waals surface area contributed by atoms with Crippen molar-refractivity contribution in [2.75, 3.05) is 7.05 Å². The van der Waals surface area contributed by atoms with Crippen molar-refractivity contribution >= 4 is 5.91 Å². The fourth-order valence-corrected chi connectivity index (χ4v) is 2.81. The minimum atomic E-state index is -0.308. The van der Waals surface area contributed by atoms with Crippen molar-refractivity contribution in [2.24, 2.45) is 0 Å². The molecule has 0 fully saturated rings. The van der Waals surface area contributed by atoms with Gasteiger partial charge >= 0.3 is 0 Å². The van der Waals surface area contributed by atoms with E-state index < -0.39 is 0 Å². The van der Waals surface area contributed by atoms with E-state index >= 15 is 0 Å². The first-order valence-electron chi connectivity index (χ1n) is 7.94. The number of rotatable bonds is 4. The van der Waals surface area contributed by atoms with E-state index in [1.807, 2.05) is 19.1 Å². The van der Waals surface area contributed by atoms with Gasteiger partial charge in [0.1, 0.15) is 5.82 Å². The highest BCUT2D eigenvalue weighted by atomic mass is 19.1. The Kier molecular flexibility index (Phi) is 4.61. The van der Waals surface area contributed by atoms with Gasteiger partial charge in [-0.15, -0.1) is 0 Å². The number of carbonyl (C=O) groups is 1. The van der Waals surface area contributed by atoms with E-state index in [9.17, 15) is 9.18 Å². The Bertz CT molecular complexity index is 888. The molecule has 128 valence electrons. The number of benzene rings is 1. The van der Waals surface area contributed by atoms with Gasteiger partial charge in [-0.2, -0.15) is 5.10 Å². The zero-order chi connectivity index (χ0) is 18.0. The van der Waals surface area contributed by atoms with Crippen LogP contribution in [0.15, 0.2) is 48.8 Å². The Morgan fingerprint density at radius 3 is 2.56 bits per heavy atom. The number of nitrogens with zero attached hydrogens (tertiary/aromatic N) is 4. The Morgan fingerprint density at radius 2 is 1.92 bits per heavy atom. The summed E-state index contributed by atoms with van der Waals surface area (Å²) in [6.07, 6.45) is 3.44. The second-order valence-electron chi connectivity index (χ2n) is 5.96. The number of hydrogen-bond acceptors (Lipinski definition) is 3. The van der Waals surface area contributed by atoms with Crippen LogP contribution in [0, 0.1) is 19.7 Å². The van der Waals surface area contributed by atoms with Crippen molar-refractivity contribution < 1.29 is 9.18 Å². The lowest BCUT2D eigenvalue weighted by Crippen LogP contribution is -2.27. The molecule has 1 aromatic carbocycles. The Balaban J connectivity index is 1.89. The van der Waals surface area contributed by atoms with Crippen LogP contribution in [0.2, 0.25) is 0 Å². The fourth-order valence-electron chi connectivity index (χ4n) is 2.81. The first-order valence-corrected chi connectivity index (χ1v) is 7.94. The number of hydrogen-bond donors (Lipinski definition) is 0. The molecule has 0 N–H and O–H groups in total. The monoisotopic (exact) mass is 338 g/mol. The summed E-state index contributed by atoms with van der Waals surface area (Å²) in [7, 11) is 1.75. The summed E-state index contributed by atoms with van der Waals surface area (Å²) in [5.74, 6) is -0.412. The Labute approximate surface area is 145 Å². The molecule has 0 atom stereocenters. The maximum Gasteiger partial charge on any atom is 0.257 e. The first kappa shape index (κ1) is 16.8. The van der Waals surface area contributed by atoms with Gasteiger partial charge in [-0.05, 0) is 49.7 Å². The molecular formula is C19H19FN4O. The molecule has 0 saturated carbocycles. The van der Waals surface area contributed by atoms with Crippen molar-refractivity contribution in [3.8, 4) is 5.69 Å². The van der Waals surface area contributed by atoms with Gasteiger partial charge in [-0.3, -0.25) is 9.78 Å². The van der Waals surface area contributed by atoms with Crippen LogP contribution in [0.1, 0.15) is 27.3 Å². The summed E-state index contributed by atoms with van der Waals surface area (Å²) in [6.45, 7) is 4.11. The molecule has 5 nitrogen and oxygen atoms in total. The smallest absolute Gasteiger partial charge is 0.257 e. The minimum absolute atomic E-state index is 0.104. The summed E-state index contributed by atoms with van der Waals surface area (Å²) in [5.41, 5.74) is 3.61. The van der Waals surface area contributed by atoms with Gasteiger partial charge in [0.2, 0.25) is 0 Å². The first-order chi connectivity index (χ1) is 12.0. The van der Waals surface area contributed by atoms with Gasteiger partial charge in [0.05, 0.1) is 22.6 Å². The molecule has 0 aliphatic heterocycles. The highest BCUT2D eigenvalue weighted by molar-refractivity contribution is 5.96. The summed E-state index contributed by atoms with van der Waals surface area (Å²) in [5, 5.41) is 4.45. The maximum atomic E-state index is 13.1. The number of carbonyl (C=O) groups excluding carboxylic acids is 1. The second-order valence-corrected chi connectivity index (χ2v) is 5.96. The number of halogens is 1. The van der Waals surface area contributed by atoms with Crippen molar-refractivity contribution in [1.82, 2.24) is 19.7 Å². The number of amides is 1. The Morgan fingerprint density at radius 1 is 1.20 bits per heavy atom. The van der Waals surface area contributed by atoms with Crippen LogP contribution < -0.4 is 0 Å². The van der Waals surface area contributed by atoms with Crippen LogP contribution in [0.5, 0.6) is 0 Å². The predicted octanol–water partition coefficient (Wildman–Crippen LogP) is 3.30. The normalized spacial score (nSPS) is 10.7. The van der Waals surface area contributed by atoms with E-state index in [2.05, 4.69) is 10.1 Å². The van der Waals surface area contributed by atoms with Crippen molar-refractivity contribution in [3.63, 3.8) is 0 Å². The van der Waals surface area contributed by atoms with E-state index in [1.54, 1.807) is 48.1 Å². The van der Waals surface area contributed by atoms with Crippen LogP contribution in [0.3, 0.4) is 0 Å². The SMILES string of the molecule is Cc1nn(-c2ccc(F)cc2)c(C)c1C(=O)N(C)Cc1cccnc1. The van der Waals surface area contributed by atoms with Crippen molar-refractivity contribution in [2.45, 2.75) is 20.4 Å². The molecule has 2 aromatic heterocycles. The maximum absolute atomic E-state index is 13.1. The standard InChI is InChI=1S/C19H19FN4O/c1-13-18(19(25)23(3)12-15-5-4-10-21-11-15)14(2)24(22-13)17-8-6-16(20)7-9-17/h4-11H,12H2,1-3H3. The highest BCUT2D eigenvalue weighted by Gasteiger charge is 2.22. The summed E-state index contributed by atoms with van der Waals surface area (Å²) < 4.78 is 14.8. The van der Waals surface area contributed by atoms with Crippen molar-refractivity contribution in [3.05, 3.63) is 77.1 Å². The Hall–Kier alpha value is -3.02. The van der Waals surface area contributed by atoms with E-state index in [0.717, 1.165) is 16.9 Å². The highest BCUT2D eigenvalue weighted by Crippen LogP contribution is 2.20. The molecule has 3 rings (SSSR count). The molecule has 25 heavy (non-hydrogen) atoms. The average Bonchev–Trinajstić information content (AvgIpc) is 2.90. The molecule has 0 spiro atoms. The third-order valence-electron chi connectivity index (χ3n) is 4.07. The zero-order valence-electron chi connectivity index (χ0n) is 14.4. The lowest BCUT2D eigenvalue weighted by atomic mass is 10.1. The summed E-state index contributed by atoms with van der Waals surface area (Å²) in [6, 6.07) is 9.81. The third-order valence-corrected chi connectivity index (χ3v) is 4.07. The predicted molar refractivity (Wildman–Crippen MR) is 93.0 cm³/mol. The van der Waals surface area contributed by atoms with E-state index in [1.165, 1.54) is 12.1 Å². The van der Waals surface area contributed by atoms with Gasteiger partial charge in [-0.25, -0.2) is 9.07 Å². The average molecular weight is 338 g/mol. The molecule has 0 aliphatic rings. The quantitative estimate of drug-likeness (QED) is 0.733. The zero-order valence-corrected chi connectivity index (χ0v) is 14.4. The molecule has 0 aliphatic carbocycles. The van der Waals surface area contributed by atoms with Gasteiger partial charge in [0, 0.05) is 26.0 Å². The topological polar surface area (TPSA) is 51.0 Å². The number of pyridine rings is 1. The second kappa shape index (κ2) is 6.84. The largest absolute Gasteiger partial charge is 0.337 e. The van der Waals surface area contributed by atoms with E-state index in [4.69, 9.17) is 0 Å². The number of aryl methyl sites for hydroxylation is 1. The van der Waals surface area contributed by atoms with Crippen LogP contribution in [0.25, 0.3) is 5.69 Å². The fraction of sp³-hybridized carbons (Fsp3) is 0.211. The van der Waals surface area contributed by atoms with E-state index in [0.29, 0.717) is 17.8 Å². The number of aromatic nitrogens is 3. The van der Waals surface area contributed by atoms with Gasteiger partial charge < -0.3 is 4.90 Å². The molecular weight excluding hydrogens is 319 g/mol. The molecule has 3 aromatic rings. The molecule has 6 heteroatoms. The molecule has 2 heterocycles. The van der Waals surface area contributed by atoms with Gasteiger partial charge in [0.25, 0.3) is 5.91 Å².